The molecule has 0 rings (SSSR count). The average molecular weight is 284 g/mol. The van der Waals surface area contributed by atoms with Crippen molar-refractivity contribution in [2.75, 3.05) is 0 Å². The molecular formula is C6H14NW-. The van der Waals surface area contributed by atoms with Crippen LogP contribution in [-0.4, -0.2) is 0 Å². The van der Waals surface area contributed by atoms with Crippen LogP contribution in [0.4, 0.5) is 0 Å². The third-order valence-corrected chi connectivity index (χ3v) is 0.974. The molecular weight excluding hydrogens is 270 g/mol. The predicted octanol–water partition coefficient (Wildman–Crippen LogP) is 1.68. The van der Waals surface area contributed by atoms with Crippen molar-refractivity contribution in [3.63, 3.8) is 0 Å². The first-order valence-corrected chi connectivity index (χ1v) is 2.95. The van der Waals surface area contributed by atoms with E-state index in [9.17, 15) is 0 Å². The van der Waals surface area contributed by atoms with Crippen molar-refractivity contribution in [3.8, 4) is 0 Å². The van der Waals surface area contributed by atoms with Crippen molar-refractivity contribution in [2.24, 2.45) is 5.73 Å². The molecule has 0 aromatic rings. The third-order valence-electron chi connectivity index (χ3n) is 0.974. The summed E-state index contributed by atoms with van der Waals surface area (Å²) >= 11 is 0. The Morgan fingerprint density at radius 2 is 2.00 bits per heavy atom. The van der Waals surface area contributed by atoms with Crippen LogP contribution in [0.1, 0.15) is 32.6 Å². The largest absolute Gasteiger partial charge is 0.483 e. The van der Waals surface area contributed by atoms with Gasteiger partial charge in [0.25, 0.3) is 0 Å². The van der Waals surface area contributed by atoms with E-state index in [4.69, 9.17) is 5.73 Å². The van der Waals surface area contributed by atoms with E-state index in [2.05, 4.69) is 6.92 Å². The van der Waals surface area contributed by atoms with Gasteiger partial charge in [0.1, 0.15) is 0 Å². The minimum absolute atomic E-state index is 0. The Bertz CT molecular complexity index is 27.7. The van der Waals surface area contributed by atoms with Crippen LogP contribution < -0.4 is 5.73 Å². The van der Waals surface area contributed by atoms with Crippen LogP contribution >= 0.6 is 0 Å². The minimum atomic E-state index is 0. The molecule has 0 radical (unpaired) electrons. The predicted molar refractivity (Wildman–Crippen MR) is 32.6 cm³/mol. The van der Waals surface area contributed by atoms with Crippen molar-refractivity contribution >= 4 is 0 Å². The summed E-state index contributed by atoms with van der Waals surface area (Å²) in [5.74, 6) is 0. The molecule has 0 aromatic heterocycles. The molecule has 1 nitrogen and oxygen atoms in total. The maximum absolute atomic E-state index is 5.14. The van der Waals surface area contributed by atoms with Gasteiger partial charge in [0.2, 0.25) is 0 Å². The van der Waals surface area contributed by atoms with Gasteiger partial charge in [-0.1, -0.05) is 26.2 Å². The molecule has 0 saturated carbocycles. The zero-order valence-electron chi connectivity index (χ0n) is 5.39. The Morgan fingerprint density at radius 1 is 1.38 bits per heavy atom. The molecule has 0 spiro atoms. The first-order chi connectivity index (χ1) is 3.41. The van der Waals surface area contributed by atoms with Crippen LogP contribution in [0, 0.1) is 6.54 Å². The first kappa shape index (κ1) is 11.4. The normalized spacial score (nSPS) is 8.25. The second-order valence-corrected chi connectivity index (χ2v) is 1.73. The summed E-state index contributed by atoms with van der Waals surface area (Å²) in [5, 5.41) is 0. The molecule has 0 aromatic carbocycles. The molecule has 2 heteroatoms. The van der Waals surface area contributed by atoms with Crippen LogP contribution in [0.2, 0.25) is 0 Å². The number of rotatable bonds is 4. The number of hydrogen-bond donors (Lipinski definition) is 1. The van der Waals surface area contributed by atoms with E-state index in [1.54, 1.807) is 6.54 Å². The molecule has 0 aliphatic carbocycles. The first-order valence-electron chi connectivity index (χ1n) is 2.95. The van der Waals surface area contributed by atoms with E-state index in [0.717, 1.165) is 6.42 Å². The fourth-order valence-corrected chi connectivity index (χ4v) is 0.512. The van der Waals surface area contributed by atoms with Gasteiger partial charge in [-0.15, -0.1) is 0 Å². The van der Waals surface area contributed by atoms with Crippen LogP contribution in [-0.2, 0) is 21.1 Å². The Morgan fingerprint density at radius 3 is 2.38 bits per heavy atom. The van der Waals surface area contributed by atoms with Crippen LogP contribution in [0.25, 0.3) is 0 Å². The van der Waals surface area contributed by atoms with E-state index in [1.807, 2.05) is 0 Å². The minimum Gasteiger partial charge on any atom is -0.483 e. The van der Waals surface area contributed by atoms with E-state index >= 15 is 0 Å². The van der Waals surface area contributed by atoms with Gasteiger partial charge in [-0.25, -0.2) is 0 Å². The maximum atomic E-state index is 5.14. The average Bonchev–Trinajstić information content (AvgIpc) is 1.69. The summed E-state index contributed by atoms with van der Waals surface area (Å²) in [6, 6.07) is 0. The maximum Gasteiger partial charge on any atom is 0 e. The third kappa shape index (κ3) is 9.82. The fraction of sp³-hybridized carbons (Fsp3) is 0.833. The van der Waals surface area contributed by atoms with Crippen LogP contribution in [0.15, 0.2) is 0 Å². The molecule has 0 aliphatic heterocycles. The molecule has 8 heavy (non-hydrogen) atoms. The van der Waals surface area contributed by atoms with Gasteiger partial charge in [0.15, 0.2) is 0 Å². The van der Waals surface area contributed by atoms with Gasteiger partial charge in [-0.2, -0.15) is 6.42 Å². The number of nitrogens with two attached hydrogens (primary N) is 1. The Hall–Kier alpha value is 0.648. The molecule has 50 valence electrons. The Kier molecular flexibility index (Phi) is 15.2. The fourth-order valence-electron chi connectivity index (χ4n) is 0.512. The molecule has 0 aliphatic rings. The molecule has 0 heterocycles. The Labute approximate surface area is 66.3 Å². The van der Waals surface area contributed by atoms with Gasteiger partial charge in [0.05, 0.1) is 0 Å². The van der Waals surface area contributed by atoms with Crippen molar-refractivity contribution in [2.45, 2.75) is 32.6 Å². The van der Waals surface area contributed by atoms with Gasteiger partial charge in [-0.3, -0.25) is 6.54 Å². The SMILES string of the molecule is CCCCC[CH-]N.[W]. The number of unbranched alkanes of at least 4 members (excludes halogenated alkanes) is 3. The zero-order chi connectivity index (χ0) is 5.54. The van der Waals surface area contributed by atoms with E-state index < -0.39 is 0 Å². The summed E-state index contributed by atoms with van der Waals surface area (Å²) in [4.78, 5) is 0. The zero-order valence-corrected chi connectivity index (χ0v) is 8.32. The summed E-state index contributed by atoms with van der Waals surface area (Å²) in [7, 11) is 0. The van der Waals surface area contributed by atoms with Crippen molar-refractivity contribution in [1.29, 1.82) is 0 Å². The monoisotopic (exact) mass is 284 g/mol. The van der Waals surface area contributed by atoms with Crippen LogP contribution in [0.3, 0.4) is 0 Å². The smallest absolute Gasteiger partial charge is 0 e. The molecule has 0 bridgehead atoms. The van der Waals surface area contributed by atoms with Gasteiger partial charge in [0, 0.05) is 21.1 Å². The van der Waals surface area contributed by atoms with Gasteiger partial charge >= 0.3 is 0 Å². The molecule has 0 unspecified atom stereocenters. The molecule has 2 N–H and O–H groups in total. The van der Waals surface area contributed by atoms with Gasteiger partial charge < -0.3 is 5.73 Å². The van der Waals surface area contributed by atoms with Crippen molar-refractivity contribution < 1.29 is 21.1 Å². The Balaban J connectivity index is 0. The van der Waals surface area contributed by atoms with Crippen molar-refractivity contribution in [1.82, 2.24) is 0 Å². The second-order valence-electron chi connectivity index (χ2n) is 1.73. The van der Waals surface area contributed by atoms with E-state index in [0.29, 0.717) is 0 Å². The topological polar surface area (TPSA) is 26.0 Å². The molecule has 0 atom stereocenters. The van der Waals surface area contributed by atoms with Gasteiger partial charge in [-0.05, 0) is 0 Å². The summed E-state index contributed by atoms with van der Waals surface area (Å²) in [6.45, 7) is 3.92. The summed E-state index contributed by atoms with van der Waals surface area (Å²) < 4.78 is 0. The van der Waals surface area contributed by atoms with E-state index in [1.165, 1.54) is 19.3 Å². The standard InChI is InChI=1S/C6H14N.W/c1-2-3-4-5-6-7;/h6H,2-5,7H2,1H3;/q-1;. The molecule has 0 amide bonds. The van der Waals surface area contributed by atoms with Crippen molar-refractivity contribution in [3.05, 3.63) is 6.54 Å². The summed E-state index contributed by atoms with van der Waals surface area (Å²) in [5.41, 5.74) is 5.14. The number of hydrogen-bond acceptors (Lipinski definition) is 1. The van der Waals surface area contributed by atoms with E-state index in [-0.39, 0.29) is 21.1 Å². The molecule has 0 saturated heterocycles. The molecule has 0 fully saturated rings. The van der Waals surface area contributed by atoms with Crippen LogP contribution in [0.5, 0.6) is 0 Å². The summed E-state index contributed by atoms with van der Waals surface area (Å²) in [6.07, 6.45) is 4.93. The quantitative estimate of drug-likeness (QED) is 0.617. The second kappa shape index (κ2) is 10.6.